The van der Waals surface area contributed by atoms with Gasteiger partial charge in [-0.1, -0.05) is 12.1 Å². The summed E-state index contributed by atoms with van der Waals surface area (Å²) in [7, 11) is 0. The van der Waals surface area contributed by atoms with E-state index in [0.717, 1.165) is 76.4 Å². The summed E-state index contributed by atoms with van der Waals surface area (Å²) in [5, 5.41) is 11.1. The van der Waals surface area contributed by atoms with E-state index in [1.807, 2.05) is 23.0 Å². The van der Waals surface area contributed by atoms with Gasteiger partial charge in [-0.25, -0.2) is 14.6 Å². The van der Waals surface area contributed by atoms with Crippen LogP contribution in [0.25, 0.3) is 5.69 Å². The second kappa shape index (κ2) is 13.9. The Hall–Kier alpha value is -2.73. The highest BCUT2D eigenvalue weighted by Gasteiger charge is 2.18. The monoisotopic (exact) mass is 575 g/mol. The van der Waals surface area contributed by atoms with E-state index in [9.17, 15) is 0 Å². The molecule has 2 N–H and O–H groups in total. The molecule has 9 nitrogen and oxygen atoms in total. The van der Waals surface area contributed by atoms with Crippen LogP contribution in [0, 0.1) is 0 Å². The van der Waals surface area contributed by atoms with Crippen LogP contribution in [0.2, 0.25) is 0 Å². The average molecular weight is 576 g/mol. The minimum Gasteiger partial charge on any atom is -0.357 e. The zero-order valence-electron chi connectivity index (χ0n) is 19.7. The van der Waals surface area contributed by atoms with E-state index >= 15 is 0 Å². The lowest BCUT2D eigenvalue weighted by atomic mass is 10.1. The van der Waals surface area contributed by atoms with Crippen molar-refractivity contribution in [3.8, 4) is 5.69 Å². The van der Waals surface area contributed by atoms with Gasteiger partial charge in [-0.3, -0.25) is 9.89 Å². The molecule has 0 unspecified atom stereocenters. The molecular formula is C24H34IN9. The molecule has 0 saturated carbocycles. The van der Waals surface area contributed by atoms with Crippen LogP contribution < -0.4 is 15.5 Å². The molecule has 34 heavy (non-hydrogen) atoms. The minimum atomic E-state index is 0. The maximum atomic E-state index is 4.77. The zero-order valence-corrected chi connectivity index (χ0v) is 22.0. The van der Waals surface area contributed by atoms with Crippen molar-refractivity contribution < 1.29 is 0 Å². The number of nitrogens with one attached hydrogen (secondary N) is 2. The first-order valence-electron chi connectivity index (χ1n) is 11.7. The number of halogens is 1. The average Bonchev–Trinajstić information content (AvgIpc) is 3.41. The Kier molecular flexibility index (Phi) is 10.5. The van der Waals surface area contributed by atoms with E-state index in [4.69, 9.17) is 4.99 Å². The molecule has 0 radical (unpaired) electrons. The van der Waals surface area contributed by atoms with Gasteiger partial charge >= 0.3 is 0 Å². The molecule has 0 aliphatic carbocycles. The van der Waals surface area contributed by atoms with Gasteiger partial charge in [0.1, 0.15) is 0 Å². The first-order chi connectivity index (χ1) is 16.3. The van der Waals surface area contributed by atoms with E-state index in [1.54, 1.807) is 18.6 Å². The van der Waals surface area contributed by atoms with Gasteiger partial charge in [0, 0.05) is 70.6 Å². The van der Waals surface area contributed by atoms with Crippen molar-refractivity contribution in [2.45, 2.75) is 13.3 Å². The fraction of sp³-hybridized carbons (Fsp3) is 0.417. The molecule has 0 bridgehead atoms. The fourth-order valence-electron chi connectivity index (χ4n) is 3.83. The molecule has 1 fully saturated rings. The molecule has 0 atom stereocenters. The second-order valence-corrected chi connectivity index (χ2v) is 7.93. The number of benzene rings is 1. The van der Waals surface area contributed by atoms with Gasteiger partial charge in [0.15, 0.2) is 5.96 Å². The van der Waals surface area contributed by atoms with E-state index in [1.165, 1.54) is 5.56 Å². The molecule has 10 heteroatoms. The quantitative estimate of drug-likeness (QED) is 0.230. The highest BCUT2D eigenvalue weighted by molar-refractivity contribution is 14.0. The number of hydrogen-bond donors (Lipinski definition) is 2. The van der Waals surface area contributed by atoms with Crippen LogP contribution in [-0.2, 0) is 6.42 Å². The summed E-state index contributed by atoms with van der Waals surface area (Å²) >= 11 is 0. The first-order valence-corrected chi connectivity index (χ1v) is 11.7. The number of piperazine rings is 1. The standard InChI is InChI=1S/C24H33N9.HI/c1-2-25-23(26-13-9-21-5-7-22(8-6-21)33-15-4-12-30-33)27-14-16-31-17-19-32(20-18-31)24-28-10-3-11-29-24;/h3-8,10-12,15H,2,9,13-14,16-20H2,1H3,(H2,25,26,27);1H. The Morgan fingerprint density at radius 1 is 0.971 bits per heavy atom. The third-order valence-electron chi connectivity index (χ3n) is 5.65. The summed E-state index contributed by atoms with van der Waals surface area (Å²) in [6.45, 7) is 9.42. The lowest BCUT2D eigenvalue weighted by Gasteiger charge is -2.34. The number of guanidine groups is 1. The van der Waals surface area contributed by atoms with Gasteiger partial charge in [-0.15, -0.1) is 24.0 Å². The molecule has 1 aromatic carbocycles. The van der Waals surface area contributed by atoms with Crippen LogP contribution in [0.5, 0.6) is 0 Å². The van der Waals surface area contributed by atoms with Crippen molar-refractivity contribution in [2.24, 2.45) is 4.99 Å². The van der Waals surface area contributed by atoms with Crippen molar-refractivity contribution in [3.63, 3.8) is 0 Å². The molecule has 0 amide bonds. The normalized spacial score (nSPS) is 14.5. The lowest BCUT2D eigenvalue weighted by molar-refractivity contribution is 0.263. The molecule has 1 saturated heterocycles. The summed E-state index contributed by atoms with van der Waals surface area (Å²) < 4.78 is 1.87. The number of nitrogens with zero attached hydrogens (tertiary/aromatic N) is 7. The van der Waals surface area contributed by atoms with Gasteiger partial charge in [0.05, 0.1) is 12.2 Å². The van der Waals surface area contributed by atoms with Crippen LogP contribution >= 0.6 is 24.0 Å². The summed E-state index contributed by atoms with van der Waals surface area (Å²) in [5.41, 5.74) is 2.36. The van der Waals surface area contributed by atoms with Crippen molar-refractivity contribution >= 4 is 35.9 Å². The van der Waals surface area contributed by atoms with Crippen LogP contribution in [0.3, 0.4) is 0 Å². The summed E-state index contributed by atoms with van der Waals surface area (Å²) in [5.74, 6) is 1.70. The SMILES string of the molecule is CCNC(=NCCN1CCN(c2ncccn2)CC1)NCCc1ccc(-n2cccn2)cc1.I. The summed E-state index contributed by atoms with van der Waals surface area (Å²) in [6, 6.07) is 12.3. The molecule has 3 heterocycles. The number of anilines is 1. The predicted molar refractivity (Wildman–Crippen MR) is 147 cm³/mol. The fourth-order valence-corrected chi connectivity index (χ4v) is 3.83. The third-order valence-corrected chi connectivity index (χ3v) is 5.65. The third kappa shape index (κ3) is 7.66. The maximum Gasteiger partial charge on any atom is 0.225 e. The number of hydrogen-bond acceptors (Lipinski definition) is 6. The van der Waals surface area contributed by atoms with E-state index in [0.29, 0.717) is 0 Å². The molecular weight excluding hydrogens is 541 g/mol. The molecule has 0 spiro atoms. The number of aliphatic imine (C=N–C) groups is 1. The van der Waals surface area contributed by atoms with E-state index < -0.39 is 0 Å². The van der Waals surface area contributed by atoms with Gasteiger partial charge in [0.25, 0.3) is 0 Å². The van der Waals surface area contributed by atoms with Gasteiger partial charge in [-0.05, 0) is 43.2 Å². The Morgan fingerprint density at radius 3 is 2.41 bits per heavy atom. The Balaban J connectivity index is 0.00000324. The Labute approximate surface area is 218 Å². The molecule has 1 aliphatic rings. The second-order valence-electron chi connectivity index (χ2n) is 7.93. The van der Waals surface area contributed by atoms with Crippen LogP contribution in [-0.4, -0.2) is 83.0 Å². The molecule has 1 aliphatic heterocycles. The molecule has 3 aromatic rings. The molecule has 182 valence electrons. The Morgan fingerprint density at radius 2 is 1.74 bits per heavy atom. The largest absolute Gasteiger partial charge is 0.357 e. The topological polar surface area (TPSA) is 86.5 Å². The highest BCUT2D eigenvalue weighted by Crippen LogP contribution is 2.10. The molecule has 4 rings (SSSR count). The van der Waals surface area contributed by atoms with Gasteiger partial charge < -0.3 is 15.5 Å². The maximum absolute atomic E-state index is 4.77. The number of rotatable bonds is 9. The first kappa shape index (κ1) is 25.9. The van der Waals surface area contributed by atoms with Crippen molar-refractivity contribution in [1.82, 2.24) is 35.3 Å². The summed E-state index contributed by atoms with van der Waals surface area (Å²) in [6.07, 6.45) is 8.28. The van der Waals surface area contributed by atoms with E-state index in [-0.39, 0.29) is 24.0 Å². The number of aromatic nitrogens is 4. The highest BCUT2D eigenvalue weighted by atomic mass is 127. The van der Waals surface area contributed by atoms with Crippen molar-refractivity contribution in [1.29, 1.82) is 0 Å². The van der Waals surface area contributed by atoms with Crippen LogP contribution in [0.4, 0.5) is 5.95 Å². The lowest BCUT2D eigenvalue weighted by Crippen LogP contribution is -2.47. The van der Waals surface area contributed by atoms with Crippen LogP contribution in [0.15, 0.2) is 66.2 Å². The Bertz CT molecular complexity index is 969. The van der Waals surface area contributed by atoms with Crippen molar-refractivity contribution in [2.75, 3.05) is 57.3 Å². The smallest absolute Gasteiger partial charge is 0.225 e. The molecule has 2 aromatic heterocycles. The van der Waals surface area contributed by atoms with E-state index in [2.05, 4.69) is 66.7 Å². The predicted octanol–water partition coefficient (Wildman–Crippen LogP) is 2.20. The van der Waals surface area contributed by atoms with Crippen LogP contribution in [0.1, 0.15) is 12.5 Å². The van der Waals surface area contributed by atoms with Gasteiger partial charge in [0.2, 0.25) is 5.95 Å². The minimum absolute atomic E-state index is 0. The zero-order chi connectivity index (χ0) is 22.7. The van der Waals surface area contributed by atoms with Gasteiger partial charge in [-0.2, -0.15) is 5.10 Å². The van der Waals surface area contributed by atoms with Crippen molar-refractivity contribution in [3.05, 3.63) is 66.7 Å². The summed E-state index contributed by atoms with van der Waals surface area (Å²) in [4.78, 5) is 18.2.